The van der Waals surface area contributed by atoms with Crippen LogP contribution in [0.2, 0.25) is 0 Å². The van der Waals surface area contributed by atoms with Crippen LogP contribution >= 0.6 is 0 Å². The summed E-state index contributed by atoms with van der Waals surface area (Å²) in [7, 11) is 0. The summed E-state index contributed by atoms with van der Waals surface area (Å²) in [5, 5.41) is 2.95. The number of hydrogen-bond donors (Lipinski definition) is 1. The summed E-state index contributed by atoms with van der Waals surface area (Å²) in [4.78, 5) is 0. The number of benzene rings is 1. The van der Waals surface area contributed by atoms with Gasteiger partial charge in [-0.2, -0.15) is 8.78 Å². The van der Waals surface area contributed by atoms with Crippen molar-refractivity contribution in [1.82, 2.24) is 5.32 Å². The van der Waals surface area contributed by atoms with Crippen LogP contribution < -0.4 is 5.32 Å². The van der Waals surface area contributed by atoms with Crippen molar-refractivity contribution in [2.45, 2.75) is 57.9 Å². The highest BCUT2D eigenvalue weighted by molar-refractivity contribution is 5.20. The Kier molecular flexibility index (Phi) is 7.00. The Hall–Kier alpha value is -0.960. The van der Waals surface area contributed by atoms with Gasteiger partial charge in [0.25, 0.3) is 5.92 Å². The molecule has 0 aromatic heterocycles. The molecule has 0 bridgehead atoms. The van der Waals surface area contributed by atoms with Gasteiger partial charge in [0.15, 0.2) is 0 Å². The topological polar surface area (TPSA) is 12.0 Å². The van der Waals surface area contributed by atoms with Crippen LogP contribution in [0.4, 0.5) is 8.78 Å². The molecule has 0 amide bonds. The molecular weight excluding hydrogens is 244 g/mol. The molecule has 1 unspecified atom stereocenters. The van der Waals surface area contributed by atoms with E-state index in [2.05, 4.69) is 12.2 Å². The average molecular weight is 269 g/mol. The van der Waals surface area contributed by atoms with Gasteiger partial charge in [-0.25, -0.2) is 0 Å². The molecule has 1 nitrogen and oxygen atoms in total. The predicted octanol–water partition coefficient (Wildman–Crippen LogP) is 4.73. The molecule has 3 heteroatoms. The smallest absolute Gasteiger partial charge is 0.285 e. The van der Waals surface area contributed by atoms with Crippen LogP contribution in [0.15, 0.2) is 30.3 Å². The summed E-state index contributed by atoms with van der Waals surface area (Å²) in [6, 6.07) is 8.16. The number of nitrogens with one attached hydrogen (secondary N) is 1. The van der Waals surface area contributed by atoms with Gasteiger partial charge in [-0.15, -0.1) is 0 Å². The Morgan fingerprint density at radius 1 is 1.11 bits per heavy atom. The van der Waals surface area contributed by atoms with Crippen molar-refractivity contribution >= 4 is 0 Å². The third kappa shape index (κ3) is 6.15. The third-order valence-corrected chi connectivity index (χ3v) is 3.36. The minimum Gasteiger partial charge on any atom is -0.308 e. The van der Waals surface area contributed by atoms with Crippen LogP contribution in [-0.2, 0) is 5.92 Å². The van der Waals surface area contributed by atoms with E-state index in [-0.39, 0.29) is 18.2 Å². The fraction of sp³-hybridized carbons (Fsp3) is 0.625. The maximum atomic E-state index is 13.9. The molecule has 19 heavy (non-hydrogen) atoms. The average Bonchev–Trinajstić information content (AvgIpc) is 2.42. The molecule has 0 aliphatic heterocycles. The summed E-state index contributed by atoms with van der Waals surface area (Å²) >= 11 is 0. The van der Waals surface area contributed by atoms with Crippen molar-refractivity contribution in [3.8, 4) is 0 Å². The number of hydrogen-bond acceptors (Lipinski definition) is 1. The first-order valence-electron chi connectivity index (χ1n) is 7.23. The first-order valence-corrected chi connectivity index (χ1v) is 7.23. The lowest BCUT2D eigenvalue weighted by Crippen LogP contribution is -2.36. The van der Waals surface area contributed by atoms with Crippen molar-refractivity contribution in [3.05, 3.63) is 35.9 Å². The Bertz CT molecular complexity index is 338. The fourth-order valence-corrected chi connectivity index (χ4v) is 2.07. The van der Waals surface area contributed by atoms with E-state index in [9.17, 15) is 8.78 Å². The van der Waals surface area contributed by atoms with Gasteiger partial charge >= 0.3 is 0 Å². The van der Waals surface area contributed by atoms with Gasteiger partial charge < -0.3 is 5.32 Å². The van der Waals surface area contributed by atoms with E-state index in [0.717, 1.165) is 12.8 Å². The monoisotopic (exact) mass is 269 g/mol. The first kappa shape index (κ1) is 16.1. The highest BCUT2D eigenvalue weighted by atomic mass is 19.3. The molecular formula is C16H25F2N. The van der Waals surface area contributed by atoms with Crippen LogP contribution in [0.25, 0.3) is 0 Å². The van der Waals surface area contributed by atoms with E-state index >= 15 is 0 Å². The second kappa shape index (κ2) is 8.26. The Labute approximate surface area is 115 Å². The highest BCUT2D eigenvalue weighted by Crippen LogP contribution is 2.26. The van der Waals surface area contributed by atoms with E-state index in [1.165, 1.54) is 31.4 Å². The zero-order valence-corrected chi connectivity index (χ0v) is 12.0. The second-order valence-electron chi connectivity index (χ2n) is 5.20. The minimum absolute atomic E-state index is 0.0840. The first-order chi connectivity index (χ1) is 9.06. The van der Waals surface area contributed by atoms with E-state index in [4.69, 9.17) is 0 Å². The largest absolute Gasteiger partial charge is 0.308 e. The van der Waals surface area contributed by atoms with Gasteiger partial charge in [-0.3, -0.25) is 0 Å². The van der Waals surface area contributed by atoms with Crippen LogP contribution in [0.5, 0.6) is 0 Å². The van der Waals surface area contributed by atoms with Crippen molar-refractivity contribution in [1.29, 1.82) is 0 Å². The van der Waals surface area contributed by atoms with E-state index in [0.29, 0.717) is 0 Å². The summed E-state index contributed by atoms with van der Waals surface area (Å²) < 4.78 is 27.8. The Morgan fingerprint density at radius 3 is 2.42 bits per heavy atom. The van der Waals surface area contributed by atoms with Crippen molar-refractivity contribution in [2.24, 2.45) is 0 Å². The molecule has 0 aliphatic carbocycles. The normalized spacial score (nSPS) is 13.5. The molecule has 0 heterocycles. The lowest BCUT2D eigenvalue weighted by Gasteiger charge is -2.21. The maximum absolute atomic E-state index is 13.9. The number of unbranched alkanes of at least 4 members (excludes halogenated alkanes) is 3. The van der Waals surface area contributed by atoms with Crippen LogP contribution in [0.1, 0.15) is 51.5 Å². The standard InChI is InChI=1S/C16H25F2N/c1-3-4-5-7-10-14(2)19-13-16(17,18)15-11-8-6-9-12-15/h6,8-9,11-12,14,19H,3-5,7,10,13H2,1-2H3. The molecule has 1 atom stereocenters. The molecule has 0 spiro atoms. The summed E-state index contributed by atoms with van der Waals surface area (Å²) in [5.41, 5.74) is 0.0840. The van der Waals surface area contributed by atoms with Gasteiger partial charge in [0.2, 0.25) is 0 Å². The van der Waals surface area contributed by atoms with Gasteiger partial charge in [-0.1, -0.05) is 62.9 Å². The van der Waals surface area contributed by atoms with Crippen LogP contribution in [-0.4, -0.2) is 12.6 Å². The van der Waals surface area contributed by atoms with Crippen molar-refractivity contribution in [2.75, 3.05) is 6.54 Å². The number of halogens is 2. The maximum Gasteiger partial charge on any atom is 0.285 e. The summed E-state index contributed by atoms with van der Waals surface area (Å²) in [5.74, 6) is -2.79. The van der Waals surface area contributed by atoms with Crippen LogP contribution in [0, 0.1) is 0 Å². The van der Waals surface area contributed by atoms with Gasteiger partial charge in [0, 0.05) is 11.6 Å². The Morgan fingerprint density at radius 2 is 1.79 bits per heavy atom. The SMILES string of the molecule is CCCCCCC(C)NCC(F)(F)c1ccccc1. The Balaban J connectivity index is 2.30. The molecule has 1 aromatic rings. The zero-order chi connectivity index (χ0) is 14.1. The quantitative estimate of drug-likeness (QED) is 0.639. The molecule has 1 rings (SSSR count). The third-order valence-electron chi connectivity index (χ3n) is 3.36. The van der Waals surface area contributed by atoms with E-state index in [1.807, 2.05) is 6.92 Å². The number of rotatable bonds is 9. The highest BCUT2D eigenvalue weighted by Gasteiger charge is 2.31. The molecule has 0 saturated carbocycles. The summed E-state index contributed by atoms with van der Waals surface area (Å²) in [6.07, 6.45) is 5.70. The molecule has 0 fully saturated rings. The molecule has 108 valence electrons. The molecule has 0 aliphatic rings. The second-order valence-corrected chi connectivity index (χ2v) is 5.20. The molecule has 0 radical (unpaired) electrons. The zero-order valence-electron chi connectivity index (χ0n) is 12.0. The van der Waals surface area contributed by atoms with Gasteiger partial charge in [-0.05, 0) is 13.3 Å². The van der Waals surface area contributed by atoms with E-state index in [1.54, 1.807) is 18.2 Å². The van der Waals surface area contributed by atoms with Gasteiger partial charge in [0.1, 0.15) is 0 Å². The predicted molar refractivity (Wildman–Crippen MR) is 76.6 cm³/mol. The minimum atomic E-state index is -2.79. The molecule has 1 aromatic carbocycles. The number of alkyl halides is 2. The van der Waals surface area contributed by atoms with Gasteiger partial charge in [0.05, 0.1) is 6.54 Å². The fourth-order valence-electron chi connectivity index (χ4n) is 2.07. The van der Waals surface area contributed by atoms with E-state index < -0.39 is 5.92 Å². The lowest BCUT2D eigenvalue weighted by molar-refractivity contribution is -0.00554. The lowest BCUT2D eigenvalue weighted by atomic mass is 10.1. The van der Waals surface area contributed by atoms with Crippen molar-refractivity contribution < 1.29 is 8.78 Å². The molecule has 0 saturated heterocycles. The van der Waals surface area contributed by atoms with Crippen LogP contribution in [0.3, 0.4) is 0 Å². The summed E-state index contributed by atoms with van der Waals surface area (Å²) in [6.45, 7) is 3.86. The van der Waals surface area contributed by atoms with Crippen molar-refractivity contribution in [3.63, 3.8) is 0 Å². The molecule has 1 N–H and O–H groups in total.